The summed E-state index contributed by atoms with van der Waals surface area (Å²) in [6.07, 6.45) is 5.00. The molecule has 0 spiro atoms. The van der Waals surface area contributed by atoms with E-state index in [0.29, 0.717) is 34.5 Å². The van der Waals surface area contributed by atoms with E-state index in [0.717, 1.165) is 22.2 Å². The first-order chi connectivity index (χ1) is 14.6. The number of pyridine rings is 2. The minimum atomic E-state index is -0.340. The number of rotatable bonds is 5. The molecule has 0 aliphatic rings. The number of anilines is 1. The number of carbonyl (C=O) groups is 1. The van der Waals surface area contributed by atoms with Crippen LogP contribution in [0.1, 0.15) is 6.92 Å². The molecule has 2 amide bonds. The number of methoxy groups -OCH3 is 1. The number of hydrogen-bond acceptors (Lipinski definition) is 5. The molecular weight excluding hydrogens is 404 g/mol. The summed E-state index contributed by atoms with van der Waals surface area (Å²) in [5.41, 5.74) is 4.49. The van der Waals surface area contributed by atoms with Crippen LogP contribution >= 0.6 is 11.6 Å². The van der Waals surface area contributed by atoms with Gasteiger partial charge in [0.15, 0.2) is 0 Å². The summed E-state index contributed by atoms with van der Waals surface area (Å²) in [5.74, 6) is 0.946. The molecule has 1 aromatic carbocycles. The van der Waals surface area contributed by atoms with Crippen molar-refractivity contribution in [1.29, 1.82) is 0 Å². The molecule has 0 radical (unpaired) electrons. The Hall–Kier alpha value is -3.65. The van der Waals surface area contributed by atoms with Crippen molar-refractivity contribution < 1.29 is 9.53 Å². The molecule has 4 aromatic rings. The van der Waals surface area contributed by atoms with Gasteiger partial charge in [0.05, 0.1) is 23.2 Å². The minimum absolute atomic E-state index is 0.327. The van der Waals surface area contributed by atoms with Crippen molar-refractivity contribution in [2.75, 3.05) is 19.0 Å². The maximum absolute atomic E-state index is 11.9. The van der Waals surface area contributed by atoms with Crippen LogP contribution < -0.4 is 15.4 Å². The Bertz CT molecular complexity index is 1220. The van der Waals surface area contributed by atoms with Gasteiger partial charge >= 0.3 is 6.03 Å². The van der Waals surface area contributed by atoms with E-state index in [9.17, 15) is 4.79 Å². The molecule has 0 bridgehead atoms. The number of aromatic nitrogens is 4. The highest BCUT2D eigenvalue weighted by Crippen LogP contribution is 2.37. The molecule has 0 unspecified atom stereocenters. The van der Waals surface area contributed by atoms with Gasteiger partial charge in [-0.3, -0.25) is 15.3 Å². The van der Waals surface area contributed by atoms with Gasteiger partial charge in [-0.2, -0.15) is 0 Å². The van der Waals surface area contributed by atoms with Crippen LogP contribution in [0.4, 0.5) is 10.7 Å². The van der Waals surface area contributed by atoms with E-state index in [1.165, 1.54) is 0 Å². The smallest absolute Gasteiger partial charge is 0.321 e. The first-order valence-electron chi connectivity index (χ1n) is 9.28. The van der Waals surface area contributed by atoms with Crippen molar-refractivity contribution in [3.63, 3.8) is 0 Å². The van der Waals surface area contributed by atoms with Crippen molar-refractivity contribution in [3.8, 4) is 28.1 Å². The molecule has 30 heavy (non-hydrogen) atoms. The average molecular weight is 423 g/mol. The Morgan fingerprint density at radius 2 is 2.10 bits per heavy atom. The Labute approximate surface area is 177 Å². The monoisotopic (exact) mass is 422 g/mol. The molecule has 4 rings (SSSR count). The lowest BCUT2D eigenvalue weighted by Crippen LogP contribution is -2.28. The molecule has 8 nitrogen and oxygen atoms in total. The largest absolute Gasteiger partial charge is 0.494 e. The van der Waals surface area contributed by atoms with Crippen molar-refractivity contribution in [1.82, 2.24) is 25.3 Å². The molecule has 9 heteroatoms. The normalized spacial score (nSPS) is 10.8. The summed E-state index contributed by atoms with van der Waals surface area (Å²) in [6.45, 7) is 2.35. The Kier molecular flexibility index (Phi) is 5.49. The standard InChI is InChI=1S/C21H19ClN6O2/c1-3-24-21(29)28-20-26-16-9-12(13-7-14(22)11-23-10-13)8-15(18(16)27-20)19-17(30-2)5-4-6-25-19/h4-11H,3H2,1-2H3,(H3,24,26,27,28,29). The summed E-state index contributed by atoms with van der Waals surface area (Å²) >= 11 is 6.14. The van der Waals surface area contributed by atoms with Crippen LogP contribution in [0.15, 0.2) is 48.9 Å². The van der Waals surface area contributed by atoms with E-state index < -0.39 is 0 Å². The number of fused-ring (bicyclic) bond motifs is 1. The van der Waals surface area contributed by atoms with Gasteiger partial charge in [0.1, 0.15) is 11.4 Å². The number of urea groups is 1. The number of aromatic amines is 1. The van der Waals surface area contributed by atoms with Gasteiger partial charge in [0.25, 0.3) is 0 Å². The summed E-state index contributed by atoms with van der Waals surface area (Å²) < 4.78 is 5.51. The quantitative estimate of drug-likeness (QED) is 0.439. The first-order valence-corrected chi connectivity index (χ1v) is 9.65. The topological polar surface area (TPSA) is 105 Å². The molecule has 0 aliphatic heterocycles. The van der Waals surface area contributed by atoms with Gasteiger partial charge in [-0.1, -0.05) is 11.6 Å². The SMILES string of the molecule is CCNC(=O)Nc1nc2cc(-c3cncc(Cl)c3)cc(-c3ncccc3OC)c2[nH]1. The van der Waals surface area contributed by atoms with Gasteiger partial charge in [0.2, 0.25) is 5.95 Å². The van der Waals surface area contributed by atoms with Crippen LogP contribution in [-0.4, -0.2) is 39.6 Å². The zero-order valence-electron chi connectivity index (χ0n) is 16.4. The van der Waals surface area contributed by atoms with E-state index in [2.05, 4.69) is 30.6 Å². The van der Waals surface area contributed by atoms with E-state index in [4.69, 9.17) is 16.3 Å². The fraction of sp³-hybridized carbons (Fsp3) is 0.143. The lowest BCUT2D eigenvalue weighted by molar-refractivity contribution is 0.252. The van der Waals surface area contributed by atoms with Gasteiger partial charge < -0.3 is 15.0 Å². The summed E-state index contributed by atoms with van der Waals surface area (Å²) in [4.78, 5) is 28.3. The number of carbonyl (C=O) groups excluding carboxylic acids is 1. The van der Waals surface area contributed by atoms with Crippen LogP contribution in [-0.2, 0) is 0 Å². The van der Waals surface area contributed by atoms with E-state index in [1.54, 1.807) is 31.8 Å². The zero-order chi connectivity index (χ0) is 21.1. The van der Waals surface area contributed by atoms with E-state index >= 15 is 0 Å². The van der Waals surface area contributed by atoms with Crippen molar-refractivity contribution in [3.05, 3.63) is 53.9 Å². The molecule has 0 saturated heterocycles. The van der Waals surface area contributed by atoms with Gasteiger partial charge in [-0.15, -0.1) is 0 Å². The third-order valence-corrected chi connectivity index (χ3v) is 4.65. The molecule has 3 aromatic heterocycles. The maximum atomic E-state index is 11.9. The number of halogens is 1. The predicted molar refractivity (Wildman–Crippen MR) is 117 cm³/mol. The van der Waals surface area contributed by atoms with Crippen LogP contribution in [0.25, 0.3) is 33.4 Å². The molecular formula is C21H19ClN6O2. The third kappa shape index (κ3) is 3.90. The van der Waals surface area contributed by atoms with Crippen LogP contribution in [0, 0.1) is 0 Å². The van der Waals surface area contributed by atoms with Crippen molar-refractivity contribution in [2.24, 2.45) is 0 Å². The highest BCUT2D eigenvalue weighted by Gasteiger charge is 2.17. The number of H-pyrrole nitrogens is 1. The highest BCUT2D eigenvalue weighted by atomic mass is 35.5. The number of hydrogen-bond donors (Lipinski definition) is 3. The second-order valence-corrected chi connectivity index (χ2v) is 6.87. The molecule has 152 valence electrons. The first kappa shape index (κ1) is 19.7. The van der Waals surface area contributed by atoms with Crippen molar-refractivity contribution >= 4 is 34.6 Å². The highest BCUT2D eigenvalue weighted by molar-refractivity contribution is 6.30. The Morgan fingerprint density at radius 3 is 2.87 bits per heavy atom. The number of ether oxygens (including phenoxy) is 1. The van der Waals surface area contributed by atoms with Gasteiger partial charge in [-0.25, -0.2) is 9.78 Å². The van der Waals surface area contributed by atoms with Crippen LogP contribution in [0.2, 0.25) is 5.02 Å². The predicted octanol–water partition coefficient (Wildman–Crippen LogP) is 4.49. The molecule has 0 fully saturated rings. The zero-order valence-corrected chi connectivity index (χ0v) is 17.1. The number of benzene rings is 1. The maximum Gasteiger partial charge on any atom is 0.321 e. The molecule has 0 aliphatic carbocycles. The van der Waals surface area contributed by atoms with E-state index in [1.807, 2.05) is 31.2 Å². The Morgan fingerprint density at radius 1 is 1.23 bits per heavy atom. The molecule has 3 heterocycles. The average Bonchev–Trinajstić information content (AvgIpc) is 3.15. The van der Waals surface area contributed by atoms with Gasteiger partial charge in [0, 0.05) is 36.3 Å². The number of imidazole rings is 1. The number of amides is 2. The molecule has 3 N–H and O–H groups in total. The second-order valence-electron chi connectivity index (χ2n) is 6.43. The summed E-state index contributed by atoms with van der Waals surface area (Å²) in [7, 11) is 1.59. The second kappa shape index (κ2) is 8.38. The lowest BCUT2D eigenvalue weighted by atomic mass is 10.0. The van der Waals surface area contributed by atoms with Crippen LogP contribution in [0.3, 0.4) is 0 Å². The third-order valence-electron chi connectivity index (χ3n) is 4.45. The number of nitrogens with one attached hydrogen (secondary N) is 3. The lowest BCUT2D eigenvalue weighted by Gasteiger charge is -2.10. The minimum Gasteiger partial charge on any atom is -0.494 e. The molecule has 0 saturated carbocycles. The summed E-state index contributed by atoms with van der Waals surface area (Å²) in [5, 5.41) is 5.92. The Balaban J connectivity index is 1.92. The van der Waals surface area contributed by atoms with Crippen molar-refractivity contribution in [2.45, 2.75) is 6.92 Å². The fourth-order valence-electron chi connectivity index (χ4n) is 3.17. The fourth-order valence-corrected chi connectivity index (χ4v) is 3.34. The van der Waals surface area contributed by atoms with E-state index in [-0.39, 0.29) is 6.03 Å². The van der Waals surface area contributed by atoms with Crippen LogP contribution in [0.5, 0.6) is 5.75 Å². The van der Waals surface area contributed by atoms with Gasteiger partial charge in [-0.05, 0) is 42.8 Å². The summed E-state index contributed by atoms with van der Waals surface area (Å²) in [6, 6.07) is 9.00. The number of nitrogens with zero attached hydrogens (tertiary/aromatic N) is 3. The molecule has 0 atom stereocenters.